The molecule has 65 heavy (non-hydrogen) atoms. The van der Waals surface area contributed by atoms with E-state index in [0.717, 1.165) is 52.0 Å². The van der Waals surface area contributed by atoms with Gasteiger partial charge in [-0.1, -0.05) is 99.4 Å². The number of hydrogen-bond donors (Lipinski definition) is 1. The van der Waals surface area contributed by atoms with Crippen molar-refractivity contribution in [3.05, 3.63) is 128 Å². The van der Waals surface area contributed by atoms with Gasteiger partial charge in [0.1, 0.15) is 35.9 Å². The van der Waals surface area contributed by atoms with E-state index in [0.29, 0.717) is 22.9 Å². The summed E-state index contributed by atoms with van der Waals surface area (Å²) < 4.78 is 40.6. The first kappa shape index (κ1) is 50.9. The maximum Gasteiger partial charge on any atom is 0.303 e. The lowest BCUT2D eigenvalue weighted by molar-refractivity contribution is -0.225. The van der Waals surface area contributed by atoms with Gasteiger partial charge in [-0.3, -0.25) is 19.2 Å². The van der Waals surface area contributed by atoms with Gasteiger partial charge in [-0.15, -0.1) is 0 Å². The maximum atomic E-state index is 11.9. The highest BCUT2D eigenvalue weighted by Crippen LogP contribution is 2.42. The molecule has 2 heterocycles. The molecule has 12 nitrogen and oxygen atoms in total. The number of phenolic OH excluding ortho intramolecular Hbond substituents is 1. The molecule has 0 radical (unpaired) electrons. The third-order valence-electron chi connectivity index (χ3n) is 11.8. The van der Waals surface area contributed by atoms with Gasteiger partial charge in [-0.2, -0.15) is 0 Å². The maximum absolute atomic E-state index is 11.9. The van der Waals surface area contributed by atoms with Gasteiger partial charge in [-0.05, 0) is 95.5 Å². The van der Waals surface area contributed by atoms with E-state index in [4.69, 9.17) is 56.4 Å². The van der Waals surface area contributed by atoms with Crippen molar-refractivity contribution in [2.24, 2.45) is 11.8 Å². The van der Waals surface area contributed by atoms with E-state index in [1.807, 2.05) is 94.4 Å². The third-order valence-corrected chi connectivity index (χ3v) is 12.5. The first-order valence-corrected chi connectivity index (χ1v) is 22.7. The lowest BCUT2D eigenvalue weighted by Gasteiger charge is -2.44. The molecule has 0 saturated carbocycles. The predicted molar refractivity (Wildman–Crippen MR) is 246 cm³/mol. The first-order valence-electron chi connectivity index (χ1n) is 21.9. The van der Waals surface area contributed by atoms with Crippen molar-refractivity contribution in [1.82, 2.24) is 0 Å². The van der Waals surface area contributed by atoms with Gasteiger partial charge in [0, 0.05) is 49.6 Å². The van der Waals surface area contributed by atoms with Crippen LogP contribution in [-0.4, -0.2) is 72.7 Å². The molecule has 0 aromatic heterocycles. The molecule has 10 atom stereocenters. The quantitative estimate of drug-likeness (QED) is 0.100. The molecule has 0 amide bonds. The summed E-state index contributed by atoms with van der Waals surface area (Å²) in [5, 5.41) is 10.8. The van der Waals surface area contributed by atoms with Crippen LogP contribution in [0, 0.1) is 11.8 Å². The van der Waals surface area contributed by atoms with Crippen molar-refractivity contribution in [2.45, 2.75) is 130 Å². The first-order chi connectivity index (χ1) is 30.9. The van der Waals surface area contributed by atoms with Crippen LogP contribution in [0.15, 0.2) is 84.9 Å². The molecule has 0 unspecified atom stereocenters. The number of hydrogen-bond acceptors (Lipinski definition) is 12. The smallest absolute Gasteiger partial charge is 0.303 e. The number of halogens is 2. The molecule has 4 aromatic carbocycles. The molecule has 1 N–H and O–H groups in total. The Morgan fingerprint density at radius 1 is 0.554 bits per heavy atom. The number of benzene rings is 4. The molecular formula is C51H60Cl2O12. The van der Waals surface area contributed by atoms with Gasteiger partial charge in [0.15, 0.2) is 12.2 Å². The molecule has 0 bridgehead atoms. The van der Waals surface area contributed by atoms with E-state index >= 15 is 0 Å². The Hall–Kier alpha value is -5.14. The van der Waals surface area contributed by atoms with Gasteiger partial charge in [0.25, 0.3) is 0 Å². The summed E-state index contributed by atoms with van der Waals surface area (Å²) in [7, 11) is 1.63. The summed E-state index contributed by atoms with van der Waals surface area (Å²) >= 11 is 13.0. The van der Waals surface area contributed by atoms with Crippen LogP contribution in [0.2, 0.25) is 10.0 Å². The van der Waals surface area contributed by atoms with Crippen LogP contribution in [0.1, 0.15) is 114 Å². The van der Waals surface area contributed by atoms with Crippen LogP contribution in [0.4, 0.5) is 0 Å². The normalized spacial score (nSPS) is 25.0. The minimum absolute atomic E-state index is 0.134. The molecule has 2 fully saturated rings. The molecule has 0 aliphatic carbocycles. The fourth-order valence-corrected chi connectivity index (χ4v) is 8.97. The lowest BCUT2D eigenvalue weighted by Crippen LogP contribution is -2.52. The molecule has 0 spiro atoms. The molecule has 2 aliphatic rings. The summed E-state index contributed by atoms with van der Waals surface area (Å²) in [6.07, 6.45) is -1.71. The zero-order valence-electron chi connectivity index (χ0n) is 38.4. The Morgan fingerprint density at radius 2 is 0.908 bits per heavy atom. The SMILES string of the molecule is CC[C@H]1O[C@@H](c2ccc(Cl)c(Cc3ccc(O)cc3)c2)[C@H](OC(C)=O)[C@@H](OC(C)=O)[C@@H]1C.CC[C@H]1O[C@@H](c2ccc(Cl)c(Cc3ccc(OC)cc3)c2)[C@H](OC(C)=O)[C@@H](OC(C)=O)[C@@H]1C. The minimum Gasteiger partial charge on any atom is -0.508 e. The average Bonchev–Trinajstić information content (AvgIpc) is 3.26. The van der Waals surface area contributed by atoms with E-state index in [2.05, 4.69) is 0 Å². The predicted octanol–water partition coefficient (Wildman–Crippen LogP) is 10.3. The summed E-state index contributed by atoms with van der Waals surface area (Å²) in [6, 6.07) is 26.0. The van der Waals surface area contributed by atoms with Gasteiger partial charge in [0.2, 0.25) is 0 Å². The van der Waals surface area contributed by atoms with Crippen molar-refractivity contribution in [2.75, 3.05) is 7.11 Å². The summed E-state index contributed by atoms with van der Waals surface area (Å²) in [5.74, 6) is -1.07. The largest absolute Gasteiger partial charge is 0.508 e. The van der Waals surface area contributed by atoms with Crippen LogP contribution >= 0.6 is 23.2 Å². The molecule has 6 rings (SSSR count). The Morgan fingerprint density at radius 3 is 1.25 bits per heavy atom. The second-order valence-electron chi connectivity index (χ2n) is 16.6. The molecule has 4 aromatic rings. The number of rotatable bonds is 13. The number of esters is 4. The van der Waals surface area contributed by atoms with E-state index in [-0.39, 0.29) is 29.8 Å². The Balaban J connectivity index is 0.000000244. The van der Waals surface area contributed by atoms with Crippen LogP contribution in [0.25, 0.3) is 0 Å². The van der Waals surface area contributed by atoms with Crippen LogP contribution in [0.3, 0.4) is 0 Å². The number of methoxy groups -OCH3 is 1. The van der Waals surface area contributed by atoms with Gasteiger partial charge >= 0.3 is 23.9 Å². The zero-order valence-corrected chi connectivity index (χ0v) is 39.9. The standard InChI is InChI=1S/C26H31ClO6.C25H29ClO6/c1-6-23-15(2)24(31-16(3)28)26(32-17(4)29)25(33-23)19-9-12-22(27)20(14-19)13-18-7-10-21(30-5)11-8-18;1-5-22-14(2)23(30-15(3)27)25(31-16(4)28)24(32-22)18-8-11-21(26)19(13-18)12-17-6-9-20(29)10-7-17/h7-12,14-15,23-26H,6,13H2,1-5H3;6-11,13-14,22-25,29H,5,12H2,1-4H3/t15-,23-,24+,25+,26-;14-,22-,23+,24+,25-/m11/s1. The highest BCUT2D eigenvalue weighted by molar-refractivity contribution is 6.31. The van der Waals surface area contributed by atoms with Crippen LogP contribution < -0.4 is 4.74 Å². The number of phenols is 1. The van der Waals surface area contributed by atoms with E-state index in [1.54, 1.807) is 25.3 Å². The number of ether oxygens (including phenoxy) is 7. The molecule has 2 aliphatic heterocycles. The average molecular weight is 936 g/mol. The Labute approximate surface area is 391 Å². The highest BCUT2D eigenvalue weighted by atomic mass is 35.5. The van der Waals surface area contributed by atoms with E-state index in [9.17, 15) is 24.3 Å². The van der Waals surface area contributed by atoms with Gasteiger partial charge in [0.05, 0.1) is 19.3 Å². The second kappa shape index (κ2) is 23.4. The fraction of sp³-hybridized carbons (Fsp3) is 0.451. The highest BCUT2D eigenvalue weighted by Gasteiger charge is 2.49. The molecule has 14 heteroatoms. The molecule has 350 valence electrons. The second-order valence-corrected chi connectivity index (χ2v) is 17.4. The van der Waals surface area contributed by atoms with Crippen LogP contribution in [-0.2, 0) is 60.4 Å². The van der Waals surface area contributed by atoms with E-state index < -0.39 is 60.5 Å². The number of aromatic hydroxyl groups is 1. The molecule has 2 saturated heterocycles. The van der Waals surface area contributed by atoms with Crippen LogP contribution in [0.5, 0.6) is 11.5 Å². The third kappa shape index (κ3) is 13.5. The van der Waals surface area contributed by atoms with E-state index in [1.165, 1.54) is 27.7 Å². The molecular weight excluding hydrogens is 875 g/mol. The lowest BCUT2D eigenvalue weighted by atomic mass is 9.84. The van der Waals surface area contributed by atoms with Crippen molar-refractivity contribution in [1.29, 1.82) is 0 Å². The van der Waals surface area contributed by atoms with Crippen molar-refractivity contribution in [3.8, 4) is 11.5 Å². The van der Waals surface area contributed by atoms with Gasteiger partial charge < -0.3 is 38.3 Å². The Kier molecular flexibility index (Phi) is 18.3. The Bertz CT molecular complexity index is 2250. The van der Waals surface area contributed by atoms with Crippen molar-refractivity contribution >= 4 is 47.1 Å². The summed E-state index contributed by atoms with van der Waals surface area (Å²) in [4.78, 5) is 47.5. The monoisotopic (exact) mass is 934 g/mol. The topological polar surface area (TPSA) is 153 Å². The minimum atomic E-state index is -0.781. The zero-order chi connectivity index (χ0) is 47.5. The number of carbonyl (C=O) groups excluding carboxylic acids is 4. The van der Waals surface area contributed by atoms with Crippen molar-refractivity contribution < 1.29 is 57.4 Å². The summed E-state index contributed by atoms with van der Waals surface area (Å²) in [5.41, 5.74) is 5.46. The fourth-order valence-electron chi connectivity index (χ4n) is 8.60. The van der Waals surface area contributed by atoms with Crippen molar-refractivity contribution in [3.63, 3.8) is 0 Å². The summed E-state index contributed by atoms with van der Waals surface area (Å²) in [6.45, 7) is 13.3. The number of carbonyl (C=O) groups is 4. The van der Waals surface area contributed by atoms with Gasteiger partial charge in [-0.25, -0.2) is 0 Å².